The molecule has 2 aliphatic carbocycles. The van der Waals surface area contributed by atoms with Crippen LogP contribution in [0.1, 0.15) is 53.4 Å². The second kappa shape index (κ2) is 2.98. The maximum absolute atomic E-state index is 10.4. The van der Waals surface area contributed by atoms with Crippen LogP contribution in [0, 0.1) is 22.7 Å². The van der Waals surface area contributed by atoms with E-state index in [4.69, 9.17) is 0 Å². The molecule has 0 amide bonds. The summed E-state index contributed by atoms with van der Waals surface area (Å²) in [5, 5.41) is 10.4. The standard InChI is InChI=1S/C13H24O/c1-9(2)13-10(3)12(13,4)8-6-5-7-11(13)14/h9-11,14H,5-8H2,1-4H3. The zero-order valence-electron chi connectivity index (χ0n) is 10.0. The van der Waals surface area contributed by atoms with Gasteiger partial charge >= 0.3 is 0 Å². The van der Waals surface area contributed by atoms with E-state index in [1.54, 1.807) is 0 Å². The molecule has 0 aromatic carbocycles. The molecule has 4 unspecified atom stereocenters. The van der Waals surface area contributed by atoms with Crippen molar-refractivity contribution in [3.63, 3.8) is 0 Å². The molecule has 2 aliphatic rings. The van der Waals surface area contributed by atoms with Crippen LogP contribution in [0.4, 0.5) is 0 Å². The summed E-state index contributed by atoms with van der Waals surface area (Å²) in [4.78, 5) is 0. The van der Waals surface area contributed by atoms with E-state index in [1.807, 2.05) is 0 Å². The van der Waals surface area contributed by atoms with Crippen molar-refractivity contribution >= 4 is 0 Å². The van der Waals surface area contributed by atoms with Crippen LogP contribution >= 0.6 is 0 Å². The van der Waals surface area contributed by atoms with Gasteiger partial charge in [0, 0.05) is 5.41 Å². The minimum atomic E-state index is -0.0509. The van der Waals surface area contributed by atoms with Crippen LogP contribution in [-0.4, -0.2) is 11.2 Å². The molecule has 0 aliphatic heterocycles. The topological polar surface area (TPSA) is 20.2 Å². The summed E-state index contributed by atoms with van der Waals surface area (Å²) in [7, 11) is 0. The van der Waals surface area contributed by atoms with Gasteiger partial charge < -0.3 is 5.11 Å². The number of hydrogen-bond acceptors (Lipinski definition) is 1. The van der Waals surface area contributed by atoms with Crippen LogP contribution in [0.5, 0.6) is 0 Å². The van der Waals surface area contributed by atoms with Crippen molar-refractivity contribution in [2.45, 2.75) is 59.5 Å². The van der Waals surface area contributed by atoms with E-state index in [1.165, 1.54) is 19.3 Å². The fraction of sp³-hybridized carbons (Fsp3) is 1.00. The van der Waals surface area contributed by atoms with E-state index in [0.717, 1.165) is 6.42 Å². The monoisotopic (exact) mass is 196 g/mol. The van der Waals surface area contributed by atoms with Crippen molar-refractivity contribution in [1.82, 2.24) is 0 Å². The van der Waals surface area contributed by atoms with Crippen molar-refractivity contribution in [1.29, 1.82) is 0 Å². The Bertz CT molecular complexity index is 235. The molecule has 0 radical (unpaired) electrons. The molecule has 0 heterocycles. The van der Waals surface area contributed by atoms with Gasteiger partial charge in [-0.05, 0) is 30.1 Å². The summed E-state index contributed by atoms with van der Waals surface area (Å²) < 4.78 is 0. The van der Waals surface area contributed by atoms with Crippen molar-refractivity contribution in [2.75, 3.05) is 0 Å². The number of rotatable bonds is 1. The van der Waals surface area contributed by atoms with Crippen LogP contribution in [-0.2, 0) is 0 Å². The first-order valence-electron chi connectivity index (χ1n) is 6.16. The third-order valence-corrected chi connectivity index (χ3v) is 5.51. The normalized spacial score (nSPS) is 52.7. The van der Waals surface area contributed by atoms with Gasteiger partial charge in [0.05, 0.1) is 6.10 Å². The van der Waals surface area contributed by atoms with Crippen LogP contribution in [0.3, 0.4) is 0 Å². The molecule has 1 heteroatoms. The van der Waals surface area contributed by atoms with Gasteiger partial charge in [-0.1, -0.05) is 40.5 Å². The molecule has 2 rings (SSSR count). The lowest BCUT2D eigenvalue weighted by molar-refractivity contribution is 0.0318. The average Bonchev–Trinajstić information content (AvgIpc) is 2.63. The molecule has 0 spiro atoms. The van der Waals surface area contributed by atoms with Gasteiger partial charge in [0.2, 0.25) is 0 Å². The zero-order valence-corrected chi connectivity index (χ0v) is 10.0. The fourth-order valence-electron chi connectivity index (χ4n) is 4.70. The minimum Gasteiger partial charge on any atom is -0.393 e. The van der Waals surface area contributed by atoms with E-state index in [9.17, 15) is 5.11 Å². The first-order chi connectivity index (χ1) is 6.48. The molecule has 0 saturated heterocycles. The Balaban J connectivity index is 2.34. The number of hydrogen-bond donors (Lipinski definition) is 1. The quantitative estimate of drug-likeness (QED) is 0.682. The highest BCUT2D eigenvalue weighted by Gasteiger charge is 2.74. The van der Waals surface area contributed by atoms with E-state index < -0.39 is 0 Å². The molecule has 14 heavy (non-hydrogen) atoms. The van der Waals surface area contributed by atoms with Crippen LogP contribution < -0.4 is 0 Å². The first-order valence-corrected chi connectivity index (χ1v) is 6.16. The molecular formula is C13H24O. The molecule has 0 bridgehead atoms. The Morgan fingerprint density at radius 2 is 1.93 bits per heavy atom. The molecule has 2 saturated carbocycles. The molecular weight excluding hydrogens is 172 g/mol. The van der Waals surface area contributed by atoms with Crippen molar-refractivity contribution < 1.29 is 5.11 Å². The molecule has 1 nitrogen and oxygen atoms in total. The Labute approximate surface area is 87.9 Å². The van der Waals surface area contributed by atoms with Crippen molar-refractivity contribution in [2.24, 2.45) is 22.7 Å². The lowest BCUT2D eigenvalue weighted by Crippen LogP contribution is -2.31. The predicted molar refractivity (Wildman–Crippen MR) is 59.0 cm³/mol. The van der Waals surface area contributed by atoms with E-state index >= 15 is 0 Å². The second-order valence-corrected chi connectivity index (χ2v) is 5.99. The summed E-state index contributed by atoms with van der Waals surface area (Å²) in [5.74, 6) is 1.33. The summed E-state index contributed by atoms with van der Waals surface area (Å²) in [5.41, 5.74) is 0.667. The number of fused-ring (bicyclic) bond motifs is 1. The van der Waals surface area contributed by atoms with Gasteiger partial charge in [0.1, 0.15) is 0 Å². The fourth-order valence-corrected chi connectivity index (χ4v) is 4.70. The third kappa shape index (κ3) is 0.946. The van der Waals surface area contributed by atoms with Gasteiger partial charge in [-0.25, -0.2) is 0 Å². The smallest absolute Gasteiger partial charge is 0.0607 e. The van der Waals surface area contributed by atoms with E-state index in [0.29, 0.717) is 17.3 Å². The summed E-state index contributed by atoms with van der Waals surface area (Å²) in [6, 6.07) is 0. The van der Waals surface area contributed by atoms with E-state index in [-0.39, 0.29) is 11.5 Å². The Morgan fingerprint density at radius 1 is 1.29 bits per heavy atom. The highest BCUT2D eigenvalue weighted by Crippen LogP contribution is 2.77. The maximum atomic E-state index is 10.4. The largest absolute Gasteiger partial charge is 0.393 e. The molecule has 0 aromatic heterocycles. The first kappa shape index (κ1) is 10.5. The SMILES string of the molecule is CC(C)C12C(O)CCCCC1(C)C2C. The second-order valence-electron chi connectivity index (χ2n) is 5.99. The minimum absolute atomic E-state index is 0.0509. The van der Waals surface area contributed by atoms with Crippen LogP contribution in [0.2, 0.25) is 0 Å². The average molecular weight is 196 g/mol. The Kier molecular flexibility index (Phi) is 2.23. The van der Waals surface area contributed by atoms with Crippen LogP contribution in [0.25, 0.3) is 0 Å². The van der Waals surface area contributed by atoms with Gasteiger partial charge in [-0.3, -0.25) is 0 Å². The molecule has 0 aromatic rings. The molecule has 2 fully saturated rings. The Hall–Kier alpha value is -0.0400. The molecule has 4 atom stereocenters. The summed E-state index contributed by atoms with van der Waals surface area (Å²) >= 11 is 0. The lowest BCUT2D eigenvalue weighted by atomic mass is 9.78. The van der Waals surface area contributed by atoms with Crippen molar-refractivity contribution in [3.05, 3.63) is 0 Å². The predicted octanol–water partition coefficient (Wildman–Crippen LogP) is 3.22. The summed E-state index contributed by atoms with van der Waals surface area (Å²) in [6.45, 7) is 9.31. The molecule has 82 valence electrons. The summed E-state index contributed by atoms with van der Waals surface area (Å²) in [6.07, 6.45) is 4.83. The van der Waals surface area contributed by atoms with Gasteiger partial charge in [0.25, 0.3) is 0 Å². The molecule has 1 N–H and O–H groups in total. The zero-order chi connectivity index (χ0) is 10.6. The van der Waals surface area contributed by atoms with Crippen LogP contribution in [0.15, 0.2) is 0 Å². The highest BCUT2D eigenvalue weighted by atomic mass is 16.3. The van der Waals surface area contributed by atoms with E-state index in [2.05, 4.69) is 27.7 Å². The van der Waals surface area contributed by atoms with Gasteiger partial charge in [-0.2, -0.15) is 0 Å². The van der Waals surface area contributed by atoms with Crippen molar-refractivity contribution in [3.8, 4) is 0 Å². The Morgan fingerprint density at radius 3 is 2.50 bits per heavy atom. The number of aliphatic hydroxyl groups excluding tert-OH is 1. The maximum Gasteiger partial charge on any atom is 0.0607 e. The van der Waals surface area contributed by atoms with Gasteiger partial charge in [0.15, 0.2) is 0 Å². The highest BCUT2D eigenvalue weighted by molar-refractivity contribution is 5.22. The lowest BCUT2D eigenvalue weighted by Gasteiger charge is -2.30. The number of aliphatic hydroxyl groups is 1. The third-order valence-electron chi connectivity index (χ3n) is 5.51. The van der Waals surface area contributed by atoms with Gasteiger partial charge in [-0.15, -0.1) is 0 Å².